The largest absolute Gasteiger partial charge is 0.356 e. The third-order valence-corrected chi connectivity index (χ3v) is 6.86. The third kappa shape index (κ3) is 6.72. The molecule has 1 saturated heterocycles. The second kappa shape index (κ2) is 10.7. The molecule has 1 aromatic carbocycles. The highest BCUT2D eigenvalue weighted by molar-refractivity contribution is 7.89. The number of sulfonamides is 1. The molecule has 1 aromatic rings. The summed E-state index contributed by atoms with van der Waals surface area (Å²) in [7, 11) is -3.30. The van der Waals surface area contributed by atoms with Crippen LogP contribution in [0.3, 0.4) is 0 Å². The summed E-state index contributed by atoms with van der Waals surface area (Å²) in [5.74, 6) is -0.0632. The molecule has 5 nitrogen and oxygen atoms in total. The standard InChI is InChI=1S/C20H32N2O3S/c1-2-3-7-14-21-20(23)19-13-8-15-22(17-19)26(24,25)16-9-12-18-10-5-4-6-11-18/h4-6,10-11,19H,2-3,7-9,12-17H2,1H3,(H,21,23). The van der Waals surface area contributed by atoms with Crippen LogP contribution in [0.1, 0.15) is 51.0 Å². The van der Waals surface area contributed by atoms with Gasteiger partial charge in [0.2, 0.25) is 15.9 Å². The first-order valence-electron chi connectivity index (χ1n) is 9.82. The van der Waals surface area contributed by atoms with E-state index in [-0.39, 0.29) is 17.6 Å². The second-order valence-corrected chi connectivity index (χ2v) is 9.19. The molecule has 6 heteroatoms. The number of benzene rings is 1. The quantitative estimate of drug-likeness (QED) is 0.635. The van der Waals surface area contributed by atoms with Crippen LogP contribution in [-0.4, -0.2) is 44.0 Å². The zero-order chi connectivity index (χ0) is 18.8. The van der Waals surface area contributed by atoms with Crippen molar-refractivity contribution in [3.8, 4) is 0 Å². The van der Waals surface area contributed by atoms with Gasteiger partial charge in [-0.3, -0.25) is 4.79 Å². The van der Waals surface area contributed by atoms with Crippen molar-refractivity contribution < 1.29 is 13.2 Å². The Morgan fingerprint density at radius 3 is 2.69 bits per heavy atom. The molecule has 0 spiro atoms. The van der Waals surface area contributed by atoms with Crippen molar-refractivity contribution >= 4 is 15.9 Å². The number of carbonyl (C=O) groups excluding carboxylic acids is 1. The average Bonchev–Trinajstić information content (AvgIpc) is 2.66. The van der Waals surface area contributed by atoms with Gasteiger partial charge in [-0.15, -0.1) is 0 Å². The number of unbranched alkanes of at least 4 members (excludes halogenated alkanes) is 2. The molecule has 1 fully saturated rings. The van der Waals surface area contributed by atoms with Crippen molar-refractivity contribution in [3.63, 3.8) is 0 Å². The molecule has 146 valence electrons. The Morgan fingerprint density at radius 1 is 1.19 bits per heavy atom. The fourth-order valence-corrected chi connectivity index (χ4v) is 4.95. The summed E-state index contributed by atoms with van der Waals surface area (Å²) in [5, 5.41) is 2.96. The molecule has 1 amide bonds. The Hall–Kier alpha value is -1.40. The molecule has 1 N–H and O–H groups in total. The highest BCUT2D eigenvalue weighted by atomic mass is 32.2. The Morgan fingerprint density at radius 2 is 1.96 bits per heavy atom. The molecule has 2 rings (SSSR count). The summed E-state index contributed by atoms with van der Waals surface area (Å²) in [6, 6.07) is 9.94. The van der Waals surface area contributed by atoms with E-state index in [0.29, 0.717) is 26.1 Å². The van der Waals surface area contributed by atoms with Crippen molar-refractivity contribution in [2.75, 3.05) is 25.4 Å². The molecule has 1 unspecified atom stereocenters. The fraction of sp³-hybridized carbons (Fsp3) is 0.650. The predicted octanol–water partition coefficient (Wildman–Crippen LogP) is 2.97. The third-order valence-electron chi connectivity index (χ3n) is 4.94. The molecule has 0 saturated carbocycles. The molecule has 0 aliphatic carbocycles. The minimum absolute atomic E-state index is 0.00490. The summed E-state index contributed by atoms with van der Waals surface area (Å²) >= 11 is 0. The second-order valence-electron chi connectivity index (χ2n) is 7.10. The van der Waals surface area contributed by atoms with Gasteiger partial charge in [0.05, 0.1) is 11.7 Å². The van der Waals surface area contributed by atoms with E-state index in [2.05, 4.69) is 12.2 Å². The molecule has 1 aliphatic rings. The number of nitrogens with zero attached hydrogens (tertiary/aromatic N) is 1. The molecule has 1 atom stereocenters. The molecular formula is C20H32N2O3S. The van der Waals surface area contributed by atoms with E-state index in [0.717, 1.165) is 44.1 Å². The average molecular weight is 381 g/mol. The molecule has 1 aliphatic heterocycles. The summed E-state index contributed by atoms with van der Waals surface area (Å²) in [6.45, 7) is 3.68. The Labute approximate surface area is 158 Å². The lowest BCUT2D eigenvalue weighted by atomic mass is 9.99. The summed E-state index contributed by atoms with van der Waals surface area (Å²) in [5.41, 5.74) is 1.16. The normalized spacial score (nSPS) is 18.6. The van der Waals surface area contributed by atoms with Gasteiger partial charge in [-0.1, -0.05) is 50.1 Å². The first kappa shape index (κ1) is 20.9. The van der Waals surface area contributed by atoms with Gasteiger partial charge in [0.1, 0.15) is 0 Å². The number of hydrogen-bond acceptors (Lipinski definition) is 3. The molecular weight excluding hydrogens is 348 g/mol. The monoisotopic (exact) mass is 380 g/mol. The fourth-order valence-electron chi connectivity index (χ4n) is 3.37. The first-order chi connectivity index (χ1) is 12.5. The minimum Gasteiger partial charge on any atom is -0.356 e. The number of piperidine rings is 1. The van der Waals surface area contributed by atoms with Crippen LogP contribution in [0.2, 0.25) is 0 Å². The SMILES string of the molecule is CCCCCNC(=O)C1CCCN(S(=O)(=O)CCCc2ccccc2)C1. The zero-order valence-electron chi connectivity index (χ0n) is 15.8. The van der Waals surface area contributed by atoms with E-state index in [9.17, 15) is 13.2 Å². The minimum atomic E-state index is -3.30. The van der Waals surface area contributed by atoms with Gasteiger partial charge >= 0.3 is 0 Å². The lowest BCUT2D eigenvalue weighted by molar-refractivity contribution is -0.126. The maximum atomic E-state index is 12.6. The van der Waals surface area contributed by atoms with Gasteiger partial charge in [0, 0.05) is 19.6 Å². The predicted molar refractivity (Wildman–Crippen MR) is 105 cm³/mol. The van der Waals surface area contributed by atoms with Crippen LogP contribution in [0, 0.1) is 5.92 Å². The van der Waals surface area contributed by atoms with Crippen LogP contribution in [0.5, 0.6) is 0 Å². The number of aryl methyl sites for hydroxylation is 1. The molecule has 0 bridgehead atoms. The Kier molecular flexibility index (Phi) is 8.59. The summed E-state index contributed by atoms with van der Waals surface area (Å²) in [4.78, 5) is 12.3. The van der Waals surface area contributed by atoms with Crippen LogP contribution < -0.4 is 5.32 Å². The topological polar surface area (TPSA) is 66.5 Å². The van der Waals surface area contributed by atoms with Crippen molar-refractivity contribution in [1.82, 2.24) is 9.62 Å². The number of hydrogen-bond donors (Lipinski definition) is 1. The van der Waals surface area contributed by atoms with Gasteiger partial charge in [-0.05, 0) is 37.7 Å². The number of amides is 1. The van der Waals surface area contributed by atoms with Gasteiger partial charge in [0.25, 0.3) is 0 Å². The van der Waals surface area contributed by atoms with Crippen LogP contribution >= 0.6 is 0 Å². The summed E-state index contributed by atoms with van der Waals surface area (Å²) < 4.78 is 26.8. The van der Waals surface area contributed by atoms with Gasteiger partial charge in [-0.2, -0.15) is 0 Å². The van der Waals surface area contributed by atoms with Crippen molar-refractivity contribution in [1.29, 1.82) is 0 Å². The first-order valence-corrected chi connectivity index (χ1v) is 11.4. The molecule has 26 heavy (non-hydrogen) atoms. The van der Waals surface area contributed by atoms with E-state index in [1.54, 1.807) is 0 Å². The van der Waals surface area contributed by atoms with Gasteiger partial charge < -0.3 is 5.32 Å². The summed E-state index contributed by atoms with van der Waals surface area (Å²) in [6.07, 6.45) is 6.10. The smallest absolute Gasteiger partial charge is 0.224 e. The van der Waals surface area contributed by atoms with Crippen molar-refractivity contribution in [3.05, 3.63) is 35.9 Å². The Bertz CT molecular complexity index is 646. The zero-order valence-corrected chi connectivity index (χ0v) is 16.6. The van der Waals surface area contributed by atoms with Crippen LogP contribution in [0.25, 0.3) is 0 Å². The van der Waals surface area contributed by atoms with Crippen molar-refractivity contribution in [2.45, 2.75) is 51.9 Å². The number of rotatable bonds is 10. The van der Waals surface area contributed by atoms with E-state index in [4.69, 9.17) is 0 Å². The van der Waals surface area contributed by atoms with E-state index in [1.807, 2.05) is 30.3 Å². The van der Waals surface area contributed by atoms with Crippen molar-refractivity contribution in [2.24, 2.45) is 5.92 Å². The Balaban J connectivity index is 1.79. The van der Waals surface area contributed by atoms with E-state index >= 15 is 0 Å². The van der Waals surface area contributed by atoms with Crippen LogP contribution in [0.4, 0.5) is 0 Å². The highest BCUT2D eigenvalue weighted by Crippen LogP contribution is 2.20. The van der Waals surface area contributed by atoms with Crippen LogP contribution in [-0.2, 0) is 21.2 Å². The van der Waals surface area contributed by atoms with E-state index in [1.165, 1.54) is 4.31 Å². The maximum absolute atomic E-state index is 12.6. The number of nitrogens with one attached hydrogen (secondary N) is 1. The number of carbonyl (C=O) groups is 1. The highest BCUT2D eigenvalue weighted by Gasteiger charge is 2.31. The lowest BCUT2D eigenvalue weighted by Gasteiger charge is -2.31. The molecule has 0 aromatic heterocycles. The molecule has 1 heterocycles. The maximum Gasteiger partial charge on any atom is 0.224 e. The van der Waals surface area contributed by atoms with E-state index < -0.39 is 10.0 Å². The lowest BCUT2D eigenvalue weighted by Crippen LogP contribution is -2.46. The van der Waals surface area contributed by atoms with Crippen LogP contribution in [0.15, 0.2) is 30.3 Å². The molecule has 0 radical (unpaired) electrons. The van der Waals surface area contributed by atoms with Gasteiger partial charge in [-0.25, -0.2) is 12.7 Å². The van der Waals surface area contributed by atoms with Gasteiger partial charge in [0.15, 0.2) is 0 Å².